The molecule has 0 N–H and O–H groups in total. The lowest BCUT2D eigenvalue weighted by Crippen LogP contribution is -2.28. The maximum Gasteiger partial charge on any atom is 0.0431 e. The Hall–Kier alpha value is 0.150. The highest BCUT2D eigenvalue weighted by atomic mass is 32.2. The lowest BCUT2D eigenvalue weighted by atomic mass is 9.91. The zero-order valence-electron chi connectivity index (χ0n) is 7.02. The molecule has 0 spiro atoms. The topological polar surface area (TPSA) is 17.1 Å². The average Bonchev–Trinajstić information content (AvgIpc) is 2.10. The highest BCUT2D eigenvalue weighted by molar-refractivity contribution is 7.86. The Labute approximate surface area is 65.7 Å². The van der Waals surface area contributed by atoms with Crippen LogP contribution in [-0.2, 0) is 10.8 Å². The van der Waals surface area contributed by atoms with Crippen molar-refractivity contribution in [3.8, 4) is 0 Å². The maximum atomic E-state index is 11.4. The number of hydrogen-bond acceptors (Lipinski definition) is 1. The third-order valence-electron chi connectivity index (χ3n) is 2.71. The molecule has 1 fully saturated rings. The van der Waals surface area contributed by atoms with Crippen LogP contribution in [0.1, 0.15) is 33.6 Å². The zero-order chi connectivity index (χ0) is 7.78. The van der Waals surface area contributed by atoms with Crippen LogP contribution in [0.2, 0.25) is 0 Å². The lowest BCUT2D eigenvalue weighted by molar-refractivity contribution is 0.418. The summed E-state index contributed by atoms with van der Waals surface area (Å²) < 4.78 is 11.5. The molecule has 0 aromatic heterocycles. The van der Waals surface area contributed by atoms with Crippen LogP contribution in [0.25, 0.3) is 0 Å². The largest absolute Gasteiger partial charge is 0.259 e. The van der Waals surface area contributed by atoms with Crippen molar-refractivity contribution in [3.05, 3.63) is 0 Å². The van der Waals surface area contributed by atoms with E-state index in [0.29, 0.717) is 5.92 Å². The van der Waals surface area contributed by atoms with Crippen LogP contribution >= 0.6 is 0 Å². The first-order chi connectivity index (χ1) is 4.59. The summed E-state index contributed by atoms with van der Waals surface area (Å²) in [6.07, 6.45) is 2.34. The van der Waals surface area contributed by atoms with Gasteiger partial charge in [0.15, 0.2) is 0 Å². The summed E-state index contributed by atoms with van der Waals surface area (Å²) in [5.74, 6) is 1.61. The molecule has 2 unspecified atom stereocenters. The normalized spacial score (nSPS) is 38.3. The van der Waals surface area contributed by atoms with Crippen LogP contribution in [-0.4, -0.2) is 14.7 Å². The fourth-order valence-corrected chi connectivity index (χ4v) is 3.42. The van der Waals surface area contributed by atoms with Gasteiger partial charge in [0.1, 0.15) is 0 Å². The molecule has 10 heavy (non-hydrogen) atoms. The van der Waals surface area contributed by atoms with Gasteiger partial charge in [0.25, 0.3) is 0 Å². The SMILES string of the molecule is CCC1CCS(=O)C1(C)C. The molecular weight excluding hydrogens is 144 g/mol. The smallest absolute Gasteiger partial charge is 0.0431 e. The Morgan fingerprint density at radius 2 is 2.20 bits per heavy atom. The molecule has 60 valence electrons. The molecule has 2 heteroatoms. The summed E-state index contributed by atoms with van der Waals surface area (Å²) in [4.78, 5) is 0. The van der Waals surface area contributed by atoms with Crippen LogP contribution in [0.15, 0.2) is 0 Å². The standard InChI is InChI=1S/C8H16OS/c1-4-7-5-6-10(9)8(7,2)3/h7H,4-6H2,1-3H3. The van der Waals surface area contributed by atoms with Gasteiger partial charge in [-0.1, -0.05) is 13.3 Å². The minimum Gasteiger partial charge on any atom is -0.259 e. The molecule has 0 saturated carbocycles. The zero-order valence-corrected chi connectivity index (χ0v) is 7.83. The Morgan fingerprint density at radius 3 is 2.40 bits per heavy atom. The van der Waals surface area contributed by atoms with Gasteiger partial charge in [0.2, 0.25) is 0 Å². The van der Waals surface area contributed by atoms with Gasteiger partial charge in [-0.2, -0.15) is 0 Å². The molecule has 0 aromatic carbocycles. The van der Waals surface area contributed by atoms with Crippen LogP contribution in [0, 0.1) is 5.92 Å². The van der Waals surface area contributed by atoms with E-state index in [-0.39, 0.29) is 4.75 Å². The second-order valence-electron chi connectivity index (χ2n) is 3.55. The molecule has 1 aliphatic rings. The maximum absolute atomic E-state index is 11.4. The molecule has 1 nitrogen and oxygen atoms in total. The van der Waals surface area contributed by atoms with E-state index >= 15 is 0 Å². The number of rotatable bonds is 1. The third-order valence-corrected chi connectivity index (χ3v) is 4.83. The fourth-order valence-electron chi connectivity index (χ4n) is 1.74. The monoisotopic (exact) mass is 160 g/mol. The minimum atomic E-state index is -0.563. The van der Waals surface area contributed by atoms with Crippen molar-refractivity contribution < 1.29 is 4.21 Å². The molecule has 1 aliphatic heterocycles. The molecule has 2 atom stereocenters. The van der Waals surface area contributed by atoms with E-state index in [9.17, 15) is 4.21 Å². The highest BCUT2D eigenvalue weighted by Gasteiger charge is 2.39. The Morgan fingerprint density at radius 1 is 1.60 bits per heavy atom. The Kier molecular flexibility index (Phi) is 2.18. The first kappa shape index (κ1) is 8.25. The minimum absolute atomic E-state index is 0.0920. The van der Waals surface area contributed by atoms with E-state index < -0.39 is 10.8 Å². The van der Waals surface area contributed by atoms with Gasteiger partial charge in [-0.3, -0.25) is 4.21 Å². The van der Waals surface area contributed by atoms with Gasteiger partial charge in [0.05, 0.1) is 0 Å². The summed E-state index contributed by atoms with van der Waals surface area (Å²) in [6.45, 7) is 6.45. The first-order valence-electron chi connectivity index (χ1n) is 3.97. The van der Waals surface area contributed by atoms with Crippen LogP contribution < -0.4 is 0 Å². The van der Waals surface area contributed by atoms with Gasteiger partial charge in [-0.25, -0.2) is 0 Å². The summed E-state index contributed by atoms with van der Waals surface area (Å²) in [7, 11) is -0.563. The fraction of sp³-hybridized carbons (Fsp3) is 1.00. The van der Waals surface area contributed by atoms with Crippen molar-refractivity contribution in [3.63, 3.8) is 0 Å². The molecule has 1 rings (SSSR count). The van der Waals surface area contributed by atoms with Crippen molar-refractivity contribution in [2.24, 2.45) is 5.92 Å². The predicted molar refractivity (Wildman–Crippen MR) is 45.5 cm³/mol. The van der Waals surface area contributed by atoms with Crippen molar-refractivity contribution in [1.82, 2.24) is 0 Å². The van der Waals surface area contributed by atoms with E-state index in [1.807, 2.05) is 0 Å². The number of hydrogen-bond donors (Lipinski definition) is 0. The second kappa shape index (κ2) is 2.65. The average molecular weight is 160 g/mol. The van der Waals surface area contributed by atoms with Gasteiger partial charge in [0, 0.05) is 21.3 Å². The molecule has 0 radical (unpaired) electrons. The van der Waals surface area contributed by atoms with Crippen molar-refractivity contribution in [2.75, 3.05) is 5.75 Å². The Balaban J connectivity index is 2.73. The van der Waals surface area contributed by atoms with Crippen molar-refractivity contribution >= 4 is 10.8 Å². The van der Waals surface area contributed by atoms with Gasteiger partial charge in [-0.05, 0) is 26.2 Å². The van der Waals surface area contributed by atoms with E-state index in [1.54, 1.807) is 0 Å². The molecule has 1 saturated heterocycles. The summed E-state index contributed by atoms with van der Waals surface area (Å²) >= 11 is 0. The highest BCUT2D eigenvalue weighted by Crippen LogP contribution is 2.36. The first-order valence-corrected chi connectivity index (χ1v) is 5.29. The Bertz CT molecular complexity index is 151. The molecule has 0 aliphatic carbocycles. The van der Waals surface area contributed by atoms with Crippen LogP contribution in [0.3, 0.4) is 0 Å². The van der Waals surface area contributed by atoms with E-state index in [2.05, 4.69) is 20.8 Å². The second-order valence-corrected chi connectivity index (χ2v) is 5.70. The van der Waals surface area contributed by atoms with E-state index in [1.165, 1.54) is 6.42 Å². The van der Waals surface area contributed by atoms with E-state index in [0.717, 1.165) is 12.2 Å². The van der Waals surface area contributed by atoms with E-state index in [4.69, 9.17) is 0 Å². The summed E-state index contributed by atoms with van der Waals surface area (Å²) in [6, 6.07) is 0. The quantitative estimate of drug-likeness (QED) is 0.573. The molecule has 1 heterocycles. The predicted octanol–water partition coefficient (Wildman–Crippen LogP) is 1.94. The summed E-state index contributed by atoms with van der Waals surface area (Å²) in [5, 5.41) is 0. The van der Waals surface area contributed by atoms with Crippen molar-refractivity contribution in [1.29, 1.82) is 0 Å². The molecule has 0 bridgehead atoms. The molecular formula is C8H16OS. The van der Waals surface area contributed by atoms with Crippen LogP contribution in [0.5, 0.6) is 0 Å². The van der Waals surface area contributed by atoms with Crippen LogP contribution in [0.4, 0.5) is 0 Å². The van der Waals surface area contributed by atoms with Gasteiger partial charge in [-0.15, -0.1) is 0 Å². The van der Waals surface area contributed by atoms with Crippen molar-refractivity contribution in [2.45, 2.75) is 38.4 Å². The third kappa shape index (κ3) is 1.14. The van der Waals surface area contributed by atoms with Gasteiger partial charge < -0.3 is 0 Å². The van der Waals surface area contributed by atoms with Gasteiger partial charge >= 0.3 is 0 Å². The molecule has 0 amide bonds. The molecule has 0 aromatic rings. The lowest BCUT2D eigenvalue weighted by Gasteiger charge is -2.23. The summed E-state index contributed by atoms with van der Waals surface area (Å²) in [5.41, 5.74) is 0.